The number of nitrogens with one attached hydrogen (secondary N) is 1. The molecule has 1 rings (SSSR count). The molecule has 0 spiro atoms. The molecular formula is C7H8Cl2N4. The summed E-state index contributed by atoms with van der Waals surface area (Å²) in [6.07, 6.45) is 1.71. The van der Waals surface area contributed by atoms with Crippen molar-refractivity contribution in [2.45, 2.75) is 13.0 Å². The molecule has 0 aliphatic carbocycles. The lowest BCUT2D eigenvalue weighted by Gasteiger charge is -2.09. The third kappa shape index (κ3) is 2.82. The standard InChI is InChI=1S/C7H8Cl2N4/c1-3-4(2)10-6-5(8)12-13-7(9)11-6/h3-4H,1H2,2H3,(H,10,11,13). The Balaban J connectivity index is 2.86. The number of rotatable bonds is 3. The number of hydrogen-bond donors (Lipinski definition) is 1. The fourth-order valence-corrected chi connectivity index (χ4v) is 0.917. The van der Waals surface area contributed by atoms with Gasteiger partial charge in [0.25, 0.3) is 0 Å². The number of halogens is 2. The van der Waals surface area contributed by atoms with E-state index in [1.165, 1.54) is 0 Å². The lowest BCUT2D eigenvalue weighted by Crippen LogP contribution is -2.13. The van der Waals surface area contributed by atoms with Gasteiger partial charge in [-0.05, 0) is 18.5 Å². The SMILES string of the molecule is C=CC(C)Nc1nc(Cl)nnc1Cl. The van der Waals surface area contributed by atoms with Crippen LogP contribution in [0.25, 0.3) is 0 Å². The molecule has 0 saturated carbocycles. The van der Waals surface area contributed by atoms with Crippen LogP contribution in [0.4, 0.5) is 5.82 Å². The highest BCUT2D eigenvalue weighted by atomic mass is 35.5. The van der Waals surface area contributed by atoms with Gasteiger partial charge in [-0.15, -0.1) is 16.8 Å². The average Bonchev–Trinajstić information content (AvgIpc) is 2.11. The molecule has 1 aromatic rings. The van der Waals surface area contributed by atoms with Crippen molar-refractivity contribution in [3.8, 4) is 0 Å². The Bertz CT molecular complexity index is 315. The van der Waals surface area contributed by atoms with E-state index in [0.717, 1.165) is 0 Å². The molecule has 0 amide bonds. The van der Waals surface area contributed by atoms with Crippen LogP contribution in [-0.4, -0.2) is 21.2 Å². The van der Waals surface area contributed by atoms with Crippen LogP contribution in [0.1, 0.15) is 6.92 Å². The zero-order valence-electron chi connectivity index (χ0n) is 6.96. The van der Waals surface area contributed by atoms with Crippen LogP contribution in [0.5, 0.6) is 0 Å². The van der Waals surface area contributed by atoms with Crippen molar-refractivity contribution in [1.29, 1.82) is 0 Å². The zero-order valence-corrected chi connectivity index (χ0v) is 8.47. The zero-order chi connectivity index (χ0) is 9.84. The molecule has 0 aromatic carbocycles. The van der Waals surface area contributed by atoms with Crippen molar-refractivity contribution in [1.82, 2.24) is 15.2 Å². The summed E-state index contributed by atoms with van der Waals surface area (Å²) in [6.45, 7) is 5.51. The quantitative estimate of drug-likeness (QED) is 0.791. The molecule has 1 atom stereocenters. The van der Waals surface area contributed by atoms with Crippen molar-refractivity contribution in [2.75, 3.05) is 5.32 Å². The van der Waals surface area contributed by atoms with Gasteiger partial charge in [-0.25, -0.2) is 0 Å². The summed E-state index contributed by atoms with van der Waals surface area (Å²) in [5, 5.41) is 10.3. The molecular weight excluding hydrogens is 211 g/mol. The maximum absolute atomic E-state index is 5.71. The monoisotopic (exact) mass is 218 g/mol. The summed E-state index contributed by atoms with van der Waals surface area (Å²) in [5.41, 5.74) is 0. The second kappa shape index (κ2) is 4.39. The van der Waals surface area contributed by atoms with Gasteiger partial charge in [-0.1, -0.05) is 17.7 Å². The first kappa shape index (κ1) is 10.2. The molecule has 4 nitrogen and oxygen atoms in total. The van der Waals surface area contributed by atoms with E-state index in [2.05, 4.69) is 27.1 Å². The highest BCUT2D eigenvalue weighted by Gasteiger charge is 2.06. The lowest BCUT2D eigenvalue weighted by molar-refractivity contribution is 0.929. The van der Waals surface area contributed by atoms with Gasteiger partial charge in [0.1, 0.15) is 0 Å². The van der Waals surface area contributed by atoms with Crippen LogP contribution < -0.4 is 5.32 Å². The number of hydrogen-bond acceptors (Lipinski definition) is 4. The molecule has 0 aliphatic heterocycles. The van der Waals surface area contributed by atoms with Gasteiger partial charge in [-0.3, -0.25) is 0 Å². The molecule has 1 heterocycles. The largest absolute Gasteiger partial charge is 0.361 e. The first-order valence-corrected chi connectivity index (χ1v) is 4.34. The molecule has 0 fully saturated rings. The Kier molecular flexibility index (Phi) is 3.45. The number of aromatic nitrogens is 3. The Morgan fingerprint density at radius 1 is 1.46 bits per heavy atom. The van der Waals surface area contributed by atoms with Crippen LogP contribution in [0.3, 0.4) is 0 Å². The minimum Gasteiger partial charge on any atom is -0.361 e. The Morgan fingerprint density at radius 2 is 2.15 bits per heavy atom. The first-order chi connectivity index (χ1) is 6.13. The van der Waals surface area contributed by atoms with Crippen molar-refractivity contribution >= 4 is 29.0 Å². The molecule has 0 bridgehead atoms. The van der Waals surface area contributed by atoms with Crippen LogP contribution in [0, 0.1) is 0 Å². The Labute approximate surface area is 86.0 Å². The molecule has 0 radical (unpaired) electrons. The van der Waals surface area contributed by atoms with Gasteiger partial charge in [0.2, 0.25) is 5.28 Å². The van der Waals surface area contributed by atoms with Crippen molar-refractivity contribution in [3.05, 3.63) is 23.1 Å². The molecule has 1 N–H and O–H groups in total. The average molecular weight is 219 g/mol. The van der Waals surface area contributed by atoms with Gasteiger partial charge >= 0.3 is 0 Å². The highest BCUT2D eigenvalue weighted by molar-refractivity contribution is 6.32. The molecule has 1 unspecified atom stereocenters. The second-order valence-electron chi connectivity index (χ2n) is 2.39. The lowest BCUT2D eigenvalue weighted by atomic mass is 10.3. The molecule has 0 saturated heterocycles. The van der Waals surface area contributed by atoms with Crippen molar-refractivity contribution in [2.24, 2.45) is 0 Å². The normalized spacial score (nSPS) is 12.2. The number of nitrogens with zero attached hydrogens (tertiary/aromatic N) is 3. The van der Waals surface area contributed by atoms with Gasteiger partial charge in [0.05, 0.1) is 0 Å². The predicted octanol–water partition coefficient (Wildman–Crippen LogP) is 2.16. The number of anilines is 1. The topological polar surface area (TPSA) is 50.7 Å². The fourth-order valence-electron chi connectivity index (χ4n) is 0.660. The van der Waals surface area contributed by atoms with E-state index in [-0.39, 0.29) is 16.5 Å². The van der Waals surface area contributed by atoms with Gasteiger partial charge in [0.15, 0.2) is 11.0 Å². The first-order valence-electron chi connectivity index (χ1n) is 3.58. The van der Waals surface area contributed by atoms with Crippen LogP contribution in [-0.2, 0) is 0 Å². The molecule has 0 aliphatic rings. The van der Waals surface area contributed by atoms with Gasteiger partial charge < -0.3 is 5.32 Å². The molecule has 6 heteroatoms. The third-order valence-corrected chi connectivity index (χ3v) is 1.75. The summed E-state index contributed by atoms with van der Waals surface area (Å²) in [6, 6.07) is 0.0465. The molecule has 1 aromatic heterocycles. The van der Waals surface area contributed by atoms with E-state index in [1.807, 2.05) is 6.92 Å². The second-order valence-corrected chi connectivity index (χ2v) is 3.09. The van der Waals surface area contributed by atoms with Crippen LogP contribution >= 0.6 is 23.2 Å². The summed E-state index contributed by atoms with van der Waals surface area (Å²) in [4.78, 5) is 3.86. The highest BCUT2D eigenvalue weighted by Crippen LogP contribution is 2.17. The summed E-state index contributed by atoms with van der Waals surface area (Å²) < 4.78 is 0. The van der Waals surface area contributed by atoms with Crippen LogP contribution in [0.2, 0.25) is 10.4 Å². The maximum atomic E-state index is 5.71. The van der Waals surface area contributed by atoms with Crippen LogP contribution in [0.15, 0.2) is 12.7 Å². The Hall–Kier alpha value is -0.870. The van der Waals surface area contributed by atoms with E-state index < -0.39 is 0 Å². The summed E-state index contributed by atoms with van der Waals surface area (Å²) >= 11 is 11.2. The minimum absolute atomic E-state index is 0.0465. The van der Waals surface area contributed by atoms with Crippen molar-refractivity contribution in [3.63, 3.8) is 0 Å². The van der Waals surface area contributed by atoms with Crippen molar-refractivity contribution < 1.29 is 0 Å². The predicted molar refractivity (Wildman–Crippen MR) is 53.1 cm³/mol. The third-order valence-electron chi connectivity index (χ3n) is 1.34. The molecule has 13 heavy (non-hydrogen) atoms. The van der Waals surface area contributed by atoms with Gasteiger partial charge in [0, 0.05) is 6.04 Å². The fraction of sp³-hybridized carbons (Fsp3) is 0.286. The van der Waals surface area contributed by atoms with E-state index in [1.54, 1.807) is 6.08 Å². The smallest absolute Gasteiger partial charge is 0.245 e. The molecule has 70 valence electrons. The summed E-state index contributed by atoms with van der Waals surface area (Å²) in [7, 11) is 0. The van der Waals surface area contributed by atoms with E-state index in [9.17, 15) is 0 Å². The van der Waals surface area contributed by atoms with E-state index in [4.69, 9.17) is 23.2 Å². The van der Waals surface area contributed by atoms with Gasteiger partial charge in [-0.2, -0.15) is 4.98 Å². The summed E-state index contributed by atoms with van der Waals surface area (Å²) in [5.74, 6) is 0.411. The minimum atomic E-state index is 0.0465. The maximum Gasteiger partial charge on any atom is 0.245 e. The Morgan fingerprint density at radius 3 is 2.77 bits per heavy atom. The van der Waals surface area contributed by atoms with E-state index in [0.29, 0.717) is 5.82 Å². The van der Waals surface area contributed by atoms with E-state index >= 15 is 0 Å².